The first-order valence-electron chi connectivity index (χ1n) is 10.0. The molecule has 29 heavy (non-hydrogen) atoms. The summed E-state index contributed by atoms with van der Waals surface area (Å²) in [5.41, 5.74) is 3.58. The number of anilines is 1. The van der Waals surface area contributed by atoms with Gasteiger partial charge in [-0.05, 0) is 25.0 Å². The van der Waals surface area contributed by atoms with Crippen LogP contribution in [0.4, 0.5) is 5.69 Å². The maximum Gasteiger partial charge on any atom is 0.253 e. The Hall–Kier alpha value is -2.87. The number of para-hydroxylation sites is 2. The third-order valence-corrected chi connectivity index (χ3v) is 5.91. The molecule has 2 fully saturated rings. The molecule has 1 aliphatic carbocycles. The lowest BCUT2D eigenvalue weighted by molar-refractivity contribution is -0.149. The number of imide groups is 1. The maximum atomic E-state index is 12.5. The van der Waals surface area contributed by atoms with Gasteiger partial charge in [0.2, 0.25) is 0 Å². The van der Waals surface area contributed by atoms with Gasteiger partial charge in [0.05, 0.1) is 31.2 Å². The van der Waals surface area contributed by atoms with E-state index in [4.69, 9.17) is 4.74 Å². The quantitative estimate of drug-likeness (QED) is 0.584. The largest absolute Gasteiger partial charge is 0.495 e. The van der Waals surface area contributed by atoms with Crippen LogP contribution in [0.2, 0.25) is 0 Å². The molecule has 0 spiro atoms. The molecule has 0 aromatic heterocycles. The Morgan fingerprint density at radius 2 is 1.66 bits per heavy atom. The highest BCUT2D eigenvalue weighted by molar-refractivity contribution is 6.06. The highest BCUT2D eigenvalue weighted by atomic mass is 16.5. The second kappa shape index (κ2) is 8.24. The van der Waals surface area contributed by atoms with E-state index in [0.717, 1.165) is 29.5 Å². The summed E-state index contributed by atoms with van der Waals surface area (Å²) >= 11 is 0. The summed E-state index contributed by atoms with van der Waals surface area (Å²) in [4.78, 5) is 41.7. The molecular formula is C21H26N4O4. The molecule has 3 amide bonds. The highest BCUT2D eigenvalue weighted by Crippen LogP contribution is 2.34. The van der Waals surface area contributed by atoms with E-state index in [2.05, 4.69) is 10.3 Å². The maximum absolute atomic E-state index is 12.5. The van der Waals surface area contributed by atoms with E-state index in [9.17, 15) is 14.4 Å². The predicted molar refractivity (Wildman–Crippen MR) is 107 cm³/mol. The molecule has 1 aromatic rings. The number of carbonyl (C=O) groups excluding carboxylic acids is 3. The van der Waals surface area contributed by atoms with E-state index < -0.39 is 0 Å². The number of benzene rings is 1. The number of nitrogens with zero attached hydrogens (tertiary/aromatic N) is 3. The van der Waals surface area contributed by atoms with Crippen LogP contribution in [0.25, 0.3) is 0 Å². The summed E-state index contributed by atoms with van der Waals surface area (Å²) < 4.78 is 5.43. The van der Waals surface area contributed by atoms with Crippen molar-refractivity contribution in [2.24, 2.45) is 11.8 Å². The van der Waals surface area contributed by atoms with Crippen LogP contribution < -0.4 is 15.1 Å². The number of piperazine rings is 1. The Bertz CT molecular complexity index is 806. The minimum absolute atomic E-state index is 0.157. The fourth-order valence-electron chi connectivity index (χ4n) is 4.31. The van der Waals surface area contributed by atoms with Crippen LogP contribution in [0.1, 0.15) is 12.8 Å². The van der Waals surface area contributed by atoms with Gasteiger partial charge < -0.3 is 9.64 Å². The minimum Gasteiger partial charge on any atom is -0.495 e. The minimum atomic E-state index is -0.336. The number of allylic oxidation sites excluding steroid dienone is 2. The van der Waals surface area contributed by atoms with Crippen LogP contribution in [0.15, 0.2) is 36.4 Å². The summed E-state index contributed by atoms with van der Waals surface area (Å²) in [7, 11) is 1.66. The molecule has 2 aliphatic heterocycles. The molecule has 3 aliphatic rings. The third kappa shape index (κ3) is 3.85. The molecule has 1 N–H and O–H groups in total. The van der Waals surface area contributed by atoms with Gasteiger partial charge >= 0.3 is 0 Å². The second-order valence-electron chi connectivity index (χ2n) is 7.64. The average Bonchev–Trinajstić information content (AvgIpc) is 2.99. The molecule has 0 bridgehead atoms. The van der Waals surface area contributed by atoms with Crippen LogP contribution in [-0.4, -0.2) is 67.5 Å². The molecular weight excluding hydrogens is 372 g/mol. The summed E-state index contributed by atoms with van der Waals surface area (Å²) in [5.74, 6) is -0.753. The van der Waals surface area contributed by atoms with Crippen molar-refractivity contribution in [1.82, 2.24) is 15.3 Å². The Balaban J connectivity index is 1.29. The second-order valence-corrected chi connectivity index (χ2v) is 7.64. The van der Waals surface area contributed by atoms with Gasteiger partial charge in [0.15, 0.2) is 0 Å². The van der Waals surface area contributed by atoms with Gasteiger partial charge in [-0.15, -0.1) is 0 Å². The number of methoxy groups -OCH3 is 1. The van der Waals surface area contributed by atoms with Crippen LogP contribution in [0.3, 0.4) is 0 Å². The fourth-order valence-corrected chi connectivity index (χ4v) is 4.31. The number of ether oxygens (including phenoxy) is 1. The van der Waals surface area contributed by atoms with Crippen molar-refractivity contribution in [3.8, 4) is 5.75 Å². The number of rotatable bonds is 5. The first kappa shape index (κ1) is 19.4. The molecule has 4 rings (SSSR count). The molecule has 8 nitrogen and oxygen atoms in total. The Kier molecular flexibility index (Phi) is 5.53. The van der Waals surface area contributed by atoms with Gasteiger partial charge in [0.25, 0.3) is 17.7 Å². The smallest absolute Gasteiger partial charge is 0.253 e. The van der Waals surface area contributed by atoms with Crippen molar-refractivity contribution >= 4 is 23.4 Å². The zero-order chi connectivity index (χ0) is 20.4. The Morgan fingerprint density at radius 3 is 2.28 bits per heavy atom. The number of hydrogen-bond donors (Lipinski definition) is 1. The third-order valence-electron chi connectivity index (χ3n) is 5.91. The molecule has 2 heterocycles. The summed E-state index contributed by atoms with van der Waals surface area (Å²) in [5, 5.41) is 0.940. The highest BCUT2D eigenvalue weighted by Gasteiger charge is 2.48. The SMILES string of the molecule is COc1ccccc1N1CCN(CC(=O)NN2C(=O)C3CC=CCC3C2=O)CC1. The summed E-state index contributed by atoms with van der Waals surface area (Å²) in [6, 6.07) is 7.89. The molecule has 0 radical (unpaired) electrons. The lowest BCUT2D eigenvalue weighted by atomic mass is 9.85. The van der Waals surface area contributed by atoms with Crippen LogP contribution in [0, 0.1) is 11.8 Å². The van der Waals surface area contributed by atoms with Crippen molar-refractivity contribution in [2.45, 2.75) is 12.8 Å². The van der Waals surface area contributed by atoms with E-state index in [1.165, 1.54) is 0 Å². The van der Waals surface area contributed by atoms with E-state index in [-0.39, 0.29) is 36.1 Å². The molecule has 1 aromatic carbocycles. The number of fused-ring (bicyclic) bond motifs is 1. The summed E-state index contributed by atoms with van der Waals surface area (Å²) in [6.07, 6.45) is 4.98. The fraction of sp³-hybridized carbons (Fsp3) is 0.476. The number of hydrazine groups is 1. The Morgan fingerprint density at radius 1 is 1.03 bits per heavy atom. The molecule has 2 saturated heterocycles. The van der Waals surface area contributed by atoms with Crippen LogP contribution >= 0.6 is 0 Å². The topological polar surface area (TPSA) is 82.2 Å². The van der Waals surface area contributed by atoms with Crippen molar-refractivity contribution in [3.63, 3.8) is 0 Å². The summed E-state index contributed by atoms with van der Waals surface area (Å²) in [6.45, 7) is 3.12. The normalized spacial score (nSPS) is 24.6. The lowest BCUT2D eigenvalue weighted by Gasteiger charge is -2.36. The van der Waals surface area contributed by atoms with Gasteiger partial charge in [-0.3, -0.25) is 24.7 Å². The standard InChI is InChI=1S/C21H26N4O4/c1-29-18-9-5-4-8-17(18)24-12-10-23(11-13-24)14-19(26)22-25-20(27)15-6-2-3-7-16(15)21(25)28/h2-5,8-9,15-16H,6-7,10-14H2,1H3,(H,22,26). The molecule has 2 unspecified atom stereocenters. The van der Waals surface area contributed by atoms with E-state index in [1.807, 2.05) is 41.3 Å². The van der Waals surface area contributed by atoms with Crippen molar-refractivity contribution < 1.29 is 19.1 Å². The van der Waals surface area contributed by atoms with Gasteiger partial charge in [-0.2, -0.15) is 5.01 Å². The van der Waals surface area contributed by atoms with Crippen molar-refractivity contribution in [1.29, 1.82) is 0 Å². The van der Waals surface area contributed by atoms with E-state index in [1.54, 1.807) is 7.11 Å². The van der Waals surface area contributed by atoms with Gasteiger partial charge in [-0.25, -0.2) is 0 Å². The number of amides is 3. The first-order chi connectivity index (χ1) is 14.1. The average molecular weight is 398 g/mol. The van der Waals surface area contributed by atoms with Crippen molar-refractivity contribution in [2.75, 3.05) is 44.7 Å². The molecule has 8 heteroatoms. The first-order valence-corrected chi connectivity index (χ1v) is 10.0. The predicted octanol–water partition coefficient (Wildman–Crippen LogP) is 0.800. The van der Waals surface area contributed by atoms with Gasteiger partial charge in [0, 0.05) is 26.2 Å². The number of carbonyl (C=O) groups is 3. The molecule has 0 saturated carbocycles. The molecule has 2 atom stereocenters. The van der Waals surface area contributed by atoms with Crippen LogP contribution in [0.5, 0.6) is 5.75 Å². The van der Waals surface area contributed by atoms with E-state index in [0.29, 0.717) is 25.9 Å². The van der Waals surface area contributed by atoms with Crippen molar-refractivity contribution in [3.05, 3.63) is 36.4 Å². The number of nitrogens with one attached hydrogen (secondary N) is 1. The Labute approximate surface area is 170 Å². The zero-order valence-corrected chi connectivity index (χ0v) is 16.5. The zero-order valence-electron chi connectivity index (χ0n) is 16.5. The number of hydrogen-bond acceptors (Lipinski definition) is 6. The van der Waals surface area contributed by atoms with Gasteiger partial charge in [-0.1, -0.05) is 24.3 Å². The molecule has 154 valence electrons. The lowest BCUT2D eigenvalue weighted by Crippen LogP contribution is -2.53. The van der Waals surface area contributed by atoms with Crippen LogP contribution in [-0.2, 0) is 14.4 Å². The van der Waals surface area contributed by atoms with Gasteiger partial charge in [0.1, 0.15) is 5.75 Å². The van der Waals surface area contributed by atoms with E-state index >= 15 is 0 Å². The monoisotopic (exact) mass is 398 g/mol.